The Balaban J connectivity index is 3.90. The van der Waals surface area contributed by atoms with Gasteiger partial charge in [0, 0.05) is 0 Å². The number of hydrogen-bond donors (Lipinski definition) is 0. The summed E-state index contributed by atoms with van der Waals surface area (Å²) in [6, 6.07) is 0. The first kappa shape index (κ1) is 17.1. The van der Waals surface area contributed by atoms with E-state index in [9.17, 15) is 14.4 Å². The molecule has 0 fully saturated rings. The number of rotatable bonds is 12. The number of unbranched alkanes of at least 4 members (excludes halogenated alkanes) is 1. The average Bonchev–Trinajstić information content (AvgIpc) is 2.42. The van der Waals surface area contributed by atoms with Gasteiger partial charge in [-0.2, -0.15) is 0 Å². The summed E-state index contributed by atoms with van der Waals surface area (Å²) in [7, 11) is 0. The number of hydrogen-bond acceptors (Lipinski definition) is 6. The van der Waals surface area contributed by atoms with Crippen LogP contribution in [0.4, 0.5) is 0 Å². The van der Waals surface area contributed by atoms with Crippen LogP contribution in [0.25, 0.3) is 0 Å². The summed E-state index contributed by atoms with van der Waals surface area (Å²) >= 11 is 0. The highest BCUT2D eigenvalue weighted by atomic mass is 16.1. The molecule has 0 aromatic carbocycles. The molecule has 0 aliphatic rings. The van der Waals surface area contributed by atoms with Crippen molar-refractivity contribution in [1.82, 2.24) is 0 Å². The lowest BCUT2D eigenvalue weighted by Gasteiger charge is -2.14. The van der Waals surface area contributed by atoms with Crippen LogP contribution < -0.4 is 0 Å². The van der Waals surface area contributed by atoms with Crippen LogP contribution >= 0.6 is 0 Å². The van der Waals surface area contributed by atoms with Crippen LogP contribution in [0.5, 0.6) is 0 Å². The Morgan fingerprint density at radius 2 is 1.16 bits per heavy atom. The van der Waals surface area contributed by atoms with E-state index >= 15 is 0 Å². The maximum Gasteiger partial charge on any atom is 0.234 e. The molecule has 0 saturated heterocycles. The molecule has 6 heteroatoms. The van der Waals surface area contributed by atoms with Gasteiger partial charge in [0.25, 0.3) is 0 Å². The third kappa shape index (κ3) is 12.4. The highest BCUT2D eigenvalue weighted by molar-refractivity contribution is 5.33. The molecular weight excluding hydrogens is 246 g/mol. The van der Waals surface area contributed by atoms with E-state index in [2.05, 4.69) is 15.0 Å². The third-order valence-electron chi connectivity index (χ3n) is 2.86. The van der Waals surface area contributed by atoms with Gasteiger partial charge in [-0.25, -0.2) is 29.4 Å². The molecule has 0 amide bonds. The van der Waals surface area contributed by atoms with Gasteiger partial charge in [-0.15, -0.1) is 0 Å². The minimum absolute atomic E-state index is 0.444. The Morgan fingerprint density at radius 1 is 0.632 bits per heavy atom. The number of nitrogens with zero attached hydrogens (tertiary/aromatic N) is 3. The quantitative estimate of drug-likeness (QED) is 0.307. The molecule has 0 spiro atoms. The van der Waals surface area contributed by atoms with Crippen molar-refractivity contribution >= 4 is 18.2 Å². The Morgan fingerprint density at radius 3 is 1.79 bits per heavy atom. The fraction of sp³-hybridized carbons (Fsp3) is 0.769. The monoisotopic (exact) mass is 265 g/mol. The summed E-state index contributed by atoms with van der Waals surface area (Å²) in [5.74, 6) is 0.444. The molecule has 1 atom stereocenters. The summed E-state index contributed by atoms with van der Waals surface area (Å²) < 4.78 is 0. The smallest absolute Gasteiger partial charge is 0.211 e. The fourth-order valence-corrected chi connectivity index (χ4v) is 1.90. The molecule has 0 rings (SSSR count). The molecule has 0 radical (unpaired) electrons. The maximum absolute atomic E-state index is 10.0. The van der Waals surface area contributed by atoms with Crippen LogP contribution in [0.15, 0.2) is 15.0 Å². The van der Waals surface area contributed by atoms with Crippen molar-refractivity contribution in [2.45, 2.75) is 38.5 Å². The standard InChI is InChI=1S/C13H19N3O3/c17-10-14-7-2-1-4-13(6-9-16-12-19)5-3-8-15-11-18/h13H,1-9H2. The van der Waals surface area contributed by atoms with Crippen LogP contribution in [0.2, 0.25) is 0 Å². The van der Waals surface area contributed by atoms with Crippen molar-refractivity contribution in [2.75, 3.05) is 19.6 Å². The molecule has 0 N–H and O–H groups in total. The predicted octanol–water partition coefficient (Wildman–Crippen LogP) is 1.95. The SMILES string of the molecule is O=C=NCCCCC(CCCN=C=O)CCN=C=O. The van der Waals surface area contributed by atoms with Crippen LogP contribution in [0, 0.1) is 5.92 Å². The molecule has 0 aliphatic carbocycles. The van der Waals surface area contributed by atoms with E-state index in [1.807, 2.05) is 0 Å². The minimum Gasteiger partial charge on any atom is -0.211 e. The van der Waals surface area contributed by atoms with Crippen molar-refractivity contribution < 1.29 is 14.4 Å². The molecule has 1 unspecified atom stereocenters. The summed E-state index contributed by atoms with van der Waals surface area (Å²) in [5.41, 5.74) is 0. The summed E-state index contributed by atoms with van der Waals surface area (Å²) in [5, 5.41) is 0. The maximum atomic E-state index is 10.0. The highest BCUT2D eigenvalue weighted by Crippen LogP contribution is 2.19. The lowest BCUT2D eigenvalue weighted by atomic mass is 9.93. The second-order valence-corrected chi connectivity index (χ2v) is 4.21. The van der Waals surface area contributed by atoms with Crippen LogP contribution in [-0.4, -0.2) is 37.9 Å². The Bertz CT molecular complexity index is 365. The zero-order valence-corrected chi connectivity index (χ0v) is 11.0. The van der Waals surface area contributed by atoms with Gasteiger partial charge in [0.05, 0.1) is 19.6 Å². The first-order chi connectivity index (χ1) is 9.35. The van der Waals surface area contributed by atoms with E-state index in [-0.39, 0.29) is 0 Å². The van der Waals surface area contributed by atoms with Gasteiger partial charge < -0.3 is 0 Å². The van der Waals surface area contributed by atoms with E-state index in [1.165, 1.54) is 18.2 Å². The van der Waals surface area contributed by atoms with Crippen molar-refractivity contribution in [2.24, 2.45) is 20.9 Å². The van der Waals surface area contributed by atoms with E-state index in [0.717, 1.165) is 38.5 Å². The van der Waals surface area contributed by atoms with Gasteiger partial charge in [-0.1, -0.05) is 12.8 Å². The molecule has 0 heterocycles. The normalized spacial score (nSPS) is 10.7. The fourth-order valence-electron chi connectivity index (χ4n) is 1.90. The first-order valence-corrected chi connectivity index (χ1v) is 6.46. The molecule has 0 bridgehead atoms. The van der Waals surface area contributed by atoms with Crippen molar-refractivity contribution in [1.29, 1.82) is 0 Å². The zero-order valence-electron chi connectivity index (χ0n) is 11.0. The summed E-state index contributed by atoms with van der Waals surface area (Å²) in [6.07, 6.45) is 9.98. The van der Waals surface area contributed by atoms with Crippen LogP contribution in [-0.2, 0) is 14.4 Å². The van der Waals surface area contributed by atoms with Crippen molar-refractivity contribution in [3.8, 4) is 0 Å². The van der Waals surface area contributed by atoms with Gasteiger partial charge in [0.1, 0.15) is 0 Å². The third-order valence-corrected chi connectivity index (χ3v) is 2.86. The largest absolute Gasteiger partial charge is 0.234 e. The Hall–Kier alpha value is -1.86. The van der Waals surface area contributed by atoms with Gasteiger partial charge in [0.15, 0.2) is 0 Å². The Kier molecular flexibility index (Phi) is 12.8. The van der Waals surface area contributed by atoms with Gasteiger partial charge in [-0.3, -0.25) is 0 Å². The molecular formula is C13H19N3O3. The number of aliphatic imine (C=N–C) groups is 3. The van der Waals surface area contributed by atoms with Crippen LogP contribution in [0.1, 0.15) is 38.5 Å². The first-order valence-electron chi connectivity index (χ1n) is 6.46. The Labute approximate surface area is 112 Å². The topological polar surface area (TPSA) is 88.3 Å². The van der Waals surface area contributed by atoms with Crippen LogP contribution in [0.3, 0.4) is 0 Å². The molecule has 0 aromatic heterocycles. The molecule has 0 saturated carbocycles. The van der Waals surface area contributed by atoms with E-state index < -0.39 is 0 Å². The van der Waals surface area contributed by atoms with Crippen molar-refractivity contribution in [3.05, 3.63) is 0 Å². The molecule has 19 heavy (non-hydrogen) atoms. The predicted molar refractivity (Wildman–Crippen MR) is 70.2 cm³/mol. The van der Waals surface area contributed by atoms with Gasteiger partial charge in [0.2, 0.25) is 18.2 Å². The van der Waals surface area contributed by atoms with E-state index in [0.29, 0.717) is 25.6 Å². The molecule has 6 nitrogen and oxygen atoms in total. The average molecular weight is 265 g/mol. The number of isocyanates is 3. The van der Waals surface area contributed by atoms with Gasteiger partial charge >= 0.3 is 0 Å². The molecule has 0 aliphatic heterocycles. The lowest BCUT2D eigenvalue weighted by molar-refractivity contribution is 0.400. The van der Waals surface area contributed by atoms with Gasteiger partial charge in [-0.05, 0) is 31.6 Å². The van der Waals surface area contributed by atoms with E-state index in [4.69, 9.17) is 0 Å². The highest BCUT2D eigenvalue weighted by Gasteiger charge is 2.08. The molecule has 104 valence electrons. The summed E-state index contributed by atoms with van der Waals surface area (Å²) in [4.78, 5) is 40.4. The molecule has 0 aromatic rings. The zero-order chi connectivity index (χ0) is 14.2. The second-order valence-electron chi connectivity index (χ2n) is 4.21. The lowest BCUT2D eigenvalue weighted by Crippen LogP contribution is -2.04. The number of carbonyl (C=O) groups excluding carboxylic acids is 3. The second kappa shape index (κ2) is 14.2. The summed E-state index contributed by atoms with van der Waals surface area (Å²) in [6.45, 7) is 1.49. The van der Waals surface area contributed by atoms with Crippen molar-refractivity contribution in [3.63, 3.8) is 0 Å². The van der Waals surface area contributed by atoms with E-state index in [1.54, 1.807) is 0 Å². The minimum atomic E-state index is 0.444.